The maximum absolute atomic E-state index is 13.5. The third kappa shape index (κ3) is 6.60. The van der Waals surface area contributed by atoms with E-state index in [9.17, 15) is 19.2 Å². The Hall–Kier alpha value is -4.57. The standard InChI is InChI=1S/C33H26IN3O4/c1-20(38)28-19-35-29-16-15-26(18-27(29)31(28)39)36-33(41)30(17-21-7-13-25(34)14-8-21)37-32(40)24-11-9-23(10-12-24)22-5-3-2-4-6-22/h2-16,18-19,30H,17H2,1H3,(H,35,39)(H,36,41)(H,37,40)/t30-/m0/s1. The second-order valence-corrected chi connectivity index (χ2v) is 10.9. The summed E-state index contributed by atoms with van der Waals surface area (Å²) in [6, 6.07) is 28.8. The normalized spacial score (nSPS) is 11.6. The van der Waals surface area contributed by atoms with Crippen LogP contribution in [0.5, 0.6) is 0 Å². The summed E-state index contributed by atoms with van der Waals surface area (Å²) < 4.78 is 1.06. The highest BCUT2D eigenvalue weighted by Crippen LogP contribution is 2.20. The number of amides is 2. The van der Waals surface area contributed by atoms with Crippen LogP contribution in [-0.4, -0.2) is 28.6 Å². The molecule has 1 atom stereocenters. The first-order valence-electron chi connectivity index (χ1n) is 13.0. The Bertz CT molecular complexity index is 1800. The SMILES string of the molecule is CC(=O)c1c[nH]c2ccc(NC(=O)[C@H](Cc3ccc(I)cc3)NC(=O)c3ccc(-c4ccccc4)cc3)cc2c1=O. The van der Waals surface area contributed by atoms with Crippen molar-refractivity contribution in [3.8, 4) is 11.1 Å². The Labute approximate surface area is 250 Å². The molecule has 0 saturated carbocycles. The molecule has 4 aromatic carbocycles. The molecular weight excluding hydrogens is 629 g/mol. The monoisotopic (exact) mass is 655 g/mol. The molecule has 1 heterocycles. The first-order chi connectivity index (χ1) is 19.8. The second kappa shape index (κ2) is 12.3. The minimum absolute atomic E-state index is 0.0445. The van der Waals surface area contributed by atoms with Crippen LogP contribution < -0.4 is 16.1 Å². The summed E-state index contributed by atoms with van der Waals surface area (Å²) in [5.74, 6) is -1.16. The van der Waals surface area contributed by atoms with Gasteiger partial charge in [0.15, 0.2) is 11.2 Å². The van der Waals surface area contributed by atoms with Crippen molar-refractivity contribution in [1.29, 1.82) is 0 Å². The smallest absolute Gasteiger partial charge is 0.251 e. The fraction of sp³-hybridized carbons (Fsp3) is 0.0909. The summed E-state index contributed by atoms with van der Waals surface area (Å²) in [7, 11) is 0. The molecule has 0 aliphatic heterocycles. The van der Waals surface area contributed by atoms with E-state index < -0.39 is 17.4 Å². The number of hydrogen-bond donors (Lipinski definition) is 3. The molecule has 8 heteroatoms. The number of fused-ring (bicyclic) bond motifs is 1. The lowest BCUT2D eigenvalue weighted by molar-refractivity contribution is -0.118. The van der Waals surface area contributed by atoms with Crippen molar-refractivity contribution in [3.63, 3.8) is 0 Å². The Morgan fingerprint density at radius 2 is 1.54 bits per heavy atom. The maximum atomic E-state index is 13.5. The van der Waals surface area contributed by atoms with Crippen LogP contribution in [0.25, 0.3) is 22.0 Å². The Morgan fingerprint density at radius 3 is 2.22 bits per heavy atom. The van der Waals surface area contributed by atoms with Gasteiger partial charge in [0.2, 0.25) is 5.91 Å². The van der Waals surface area contributed by atoms with E-state index in [-0.39, 0.29) is 29.1 Å². The number of rotatable bonds is 8. The van der Waals surface area contributed by atoms with Gasteiger partial charge in [-0.3, -0.25) is 19.2 Å². The van der Waals surface area contributed by atoms with Crippen molar-refractivity contribution in [1.82, 2.24) is 10.3 Å². The first kappa shape index (κ1) is 28.0. The van der Waals surface area contributed by atoms with Crippen LogP contribution in [0.15, 0.2) is 108 Å². The van der Waals surface area contributed by atoms with E-state index in [0.717, 1.165) is 20.3 Å². The van der Waals surface area contributed by atoms with E-state index in [0.29, 0.717) is 16.8 Å². The molecule has 0 spiro atoms. The van der Waals surface area contributed by atoms with Crippen molar-refractivity contribution in [3.05, 3.63) is 134 Å². The number of nitrogens with one attached hydrogen (secondary N) is 3. The number of ketones is 1. The largest absolute Gasteiger partial charge is 0.360 e. The average molecular weight is 655 g/mol. The molecule has 0 bridgehead atoms. The number of halogens is 1. The number of benzene rings is 4. The molecule has 0 radical (unpaired) electrons. The van der Waals surface area contributed by atoms with Crippen molar-refractivity contribution < 1.29 is 14.4 Å². The van der Waals surface area contributed by atoms with Crippen LogP contribution in [-0.2, 0) is 11.2 Å². The lowest BCUT2D eigenvalue weighted by Gasteiger charge is -2.19. The lowest BCUT2D eigenvalue weighted by Crippen LogP contribution is -2.45. The number of hydrogen-bond acceptors (Lipinski definition) is 4. The molecule has 5 rings (SSSR count). The van der Waals surface area contributed by atoms with Crippen LogP contribution >= 0.6 is 22.6 Å². The number of aromatic amines is 1. The highest BCUT2D eigenvalue weighted by atomic mass is 127. The zero-order valence-corrected chi connectivity index (χ0v) is 24.3. The van der Waals surface area contributed by atoms with Gasteiger partial charge < -0.3 is 15.6 Å². The van der Waals surface area contributed by atoms with E-state index in [1.165, 1.54) is 19.2 Å². The number of carbonyl (C=O) groups is 3. The molecule has 41 heavy (non-hydrogen) atoms. The van der Waals surface area contributed by atoms with E-state index in [4.69, 9.17) is 0 Å². The van der Waals surface area contributed by atoms with E-state index in [2.05, 4.69) is 38.2 Å². The summed E-state index contributed by atoms with van der Waals surface area (Å²) in [5, 5.41) is 6.00. The van der Waals surface area contributed by atoms with Crippen LogP contribution in [0.3, 0.4) is 0 Å². The average Bonchev–Trinajstić information content (AvgIpc) is 2.98. The molecular formula is C33H26IN3O4. The Balaban J connectivity index is 1.39. The quantitative estimate of drug-likeness (QED) is 0.141. The van der Waals surface area contributed by atoms with E-state index in [1.54, 1.807) is 24.3 Å². The maximum Gasteiger partial charge on any atom is 0.251 e. The number of aromatic nitrogens is 1. The van der Waals surface area contributed by atoms with Crippen molar-refractivity contribution in [2.45, 2.75) is 19.4 Å². The number of Topliss-reactive ketones (excluding diaryl/α,β-unsaturated/α-hetero) is 1. The summed E-state index contributed by atoms with van der Waals surface area (Å²) >= 11 is 2.21. The third-order valence-electron chi connectivity index (χ3n) is 6.76. The van der Waals surface area contributed by atoms with Gasteiger partial charge in [-0.2, -0.15) is 0 Å². The highest BCUT2D eigenvalue weighted by Gasteiger charge is 2.23. The number of anilines is 1. The molecule has 1 aromatic heterocycles. The van der Waals surface area contributed by atoms with Gasteiger partial charge in [0.25, 0.3) is 5.91 Å². The predicted octanol–water partition coefficient (Wildman–Crippen LogP) is 5.98. The first-order valence-corrected chi connectivity index (χ1v) is 14.0. The summed E-state index contributed by atoms with van der Waals surface area (Å²) in [6.45, 7) is 1.33. The van der Waals surface area contributed by atoms with Gasteiger partial charge in [0.1, 0.15) is 6.04 Å². The van der Waals surface area contributed by atoms with Crippen LogP contribution in [0.2, 0.25) is 0 Å². The Morgan fingerprint density at radius 1 is 0.854 bits per heavy atom. The fourth-order valence-electron chi connectivity index (χ4n) is 4.54. The lowest BCUT2D eigenvalue weighted by atomic mass is 10.0. The zero-order valence-electron chi connectivity index (χ0n) is 22.1. The van der Waals surface area contributed by atoms with Crippen molar-refractivity contribution >= 4 is 56.8 Å². The molecule has 7 nitrogen and oxygen atoms in total. The van der Waals surface area contributed by atoms with Gasteiger partial charge in [-0.25, -0.2) is 0 Å². The van der Waals surface area contributed by atoms with Gasteiger partial charge in [-0.15, -0.1) is 0 Å². The predicted molar refractivity (Wildman–Crippen MR) is 169 cm³/mol. The topological polar surface area (TPSA) is 108 Å². The molecule has 0 saturated heterocycles. The molecule has 5 aromatic rings. The molecule has 204 valence electrons. The fourth-order valence-corrected chi connectivity index (χ4v) is 4.90. The second-order valence-electron chi connectivity index (χ2n) is 9.64. The van der Waals surface area contributed by atoms with Crippen LogP contribution in [0.4, 0.5) is 5.69 Å². The van der Waals surface area contributed by atoms with Gasteiger partial charge in [0, 0.05) is 38.3 Å². The van der Waals surface area contributed by atoms with Crippen molar-refractivity contribution in [2.75, 3.05) is 5.32 Å². The van der Waals surface area contributed by atoms with Gasteiger partial charge in [-0.05, 0) is 88.7 Å². The third-order valence-corrected chi connectivity index (χ3v) is 7.48. The van der Waals surface area contributed by atoms with Gasteiger partial charge >= 0.3 is 0 Å². The van der Waals surface area contributed by atoms with E-state index in [1.807, 2.05) is 66.7 Å². The van der Waals surface area contributed by atoms with E-state index >= 15 is 0 Å². The van der Waals surface area contributed by atoms with Crippen LogP contribution in [0, 0.1) is 3.57 Å². The Kier molecular flexibility index (Phi) is 8.39. The summed E-state index contributed by atoms with van der Waals surface area (Å²) in [6.07, 6.45) is 1.66. The minimum Gasteiger partial charge on any atom is -0.360 e. The van der Waals surface area contributed by atoms with Crippen LogP contribution in [0.1, 0.15) is 33.2 Å². The summed E-state index contributed by atoms with van der Waals surface area (Å²) in [4.78, 5) is 54.4. The van der Waals surface area contributed by atoms with Gasteiger partial charge in [-0.1, -0.05) is 54.6 Å². The van der Waals surface area contributed by atoms with Crippen molar-refractivity contribution in [2.24, 2.45) is 0 Å². The minimum atomic E-state index is -0.895. The molecule has 0 aliphatic rings. The molecule has 0 unspecified atom stereocenters. The summed E-state index contributed by atoms with van der Waals surface area (Å²) in [5.41, 5.74) is 3.89. The molecule has 0 fully saturated rings. The van der Waals surface area contributed by atoms with Gasteiger partial charge in [0.05, 0.1) is 5.56 Å². The number of carbonyl (C=O) groups excluding carboxylic acids is 3. The number of H-pyrrole nitrogens is 1. The molecule has 2 amide bonds. The highest BCUT2D eigenvalue weighted by molar-refractivity contribution is 14.1. The number of pyridine rings is 1. The molecule has 0 aliphatic carbocycles. The molecule has 3 N–H and O–H groups in total. The zero-order chi connectivity index (χ0) is 28.9.